The SMILES string of the molecule is Cc1nc(N2CCCCC2)c2[nH]c(-c3ccc4c(c3)CCO4)cc2n1.Cl.O. The van der Waals surface area contributed by atoms with Gasteiger partial charge in [0, 0.05) is 25.2 Å². The highest BCUT2D eigenvalue weighted by Gasteiger charge is 2.19. The summed E-state index contributed by atoms with van der Waals surface area (Å²) in [5.74, 6) is 2.91. The molecule has 144 valence electrons. The molecule has 1 fully saturated rings. The molecular weight excluding hydrogens is 364 g/mol. The smallest absolute Gasteiger partial charge is 0.156 e. The normalized spacial score (nSPS) is 15.7. The molecule has 3 aromatic rings. The number of hydrogen-bond donors (Lipinski definition) is 1. The number of aryl methyl sites for hydroxylation is 1. The standard InChI is InChI=1S/C20H22N4O.ClH.H2O/c1-13-21-17-12-16(14-5-6-18-15(11-14)7-10-25-18)23-19(17)20(22-13)24-8-3-2-4-9-24;;/h5-6,11-12,23H,2-4,7-10H2,1H3;1H;1H2. The van der Waals surface area contributed by atoms with Crippen LogP contribution in [-0.2, 0) is 6.42 Å². The highest BCUT2D eigenvalue weighted by Crippen LogP contribution is 2.33. The Morgan fingerprint density at radius 2 is 1.89 bits per heavy atom. The molecule has 0 spiro atoms. The maximum absolute atomic E-state index is 5.62. The summed E-state index contributed by atoms with van der Waals surface area (Å²) in [4.78, 5) is 15.4. The zero-order valence-electron chi connectivity index (χ0n) is 15.4. The van der Waals surface area contributed by atoms with Gasteiger partial charge in [0.2, 0.25) is 0 Å². The van der Waals surface area contributed by atoms with Crippen molar-refractivity contribution < 1.29 is 10.2 Å². The molecule has 1 saturated heterocycles. The summed E-state index contributed by atoms with van der Waals surface area (Å²) in [6, 6.07) is 8.57. The molecule has 1 aromatic carbocycles. The van der Waals surface area contributed by atoms with E-state index in [1.165, 1.54) is 30.4 Å². The number of ether oxygens (including phenoxy) is 1. The van der Waals surface area contributed by atoms with E-state index < -0.39 is 0 Å². The summed E-state index contributed by atoms with van der Waals surface area (Å²) in [5.41, 5.74) is 5.63. The molecule has 7 heteroatoms. The monoisotopic (exact) mass is 388 g/mol. The summed E-state index contributed by atoms with van der Waals surface area (Å²) < 4.78 is 5.62. The van der Waals surface area contributed by atoms with Crippen molar-refractivity contribution in [3.05, 3.63) is 35.7 Å². The number of rotatable bonds is 2. The van der Waals surface area contributed by atoms with Crippen LogP contribution in [0.25, 0.3) is 22.3 Å². The third-order valence-electron chi connectivity index (χ3n) is 5.23. The summed E-state index contributed by atoms with van der Waals surface area (Å²) in [6.45, 7) is 4.92. The van der Waals surface area contributed by atoms with Crippen LogP contribution in [0, 0.1) is 6.92 Å². The van der Waals surface area contributed by atoms with Gasteiger partial charge in [0.05, 0.1) is 12.1 Å². The van der Waals surface area contributed by atoms with Crippen LogP contribution in [-0.4, -0.2) is 40.1 Å². The Kier molecular flexibility index (Phi) is 5.58. The van der Waals surface area contributed by atoms with Crippen LogP contribution in [0.3, 0.4) is 0 Å². The molecule has 0 unspecified atom stereocenters. The highest BCUT2D eigenvalue weighted by molar-refractivity contribution is 5.91. The minimum absolute atomic E-state index is 0. The molecular formula is C20H25ClN4O2. The average Bonchev–Trinajstić information content (AvgIpc) is 3.27. The maximum Gasteiger partial charge on any atom is 0.156 e. The molecule has 0 amide bonds. The van der Waals surface area contributed by atoms with Crippen LogP contribution < -0.4 is 9.64 Å². The quantitative estimate of drug-likeness (QED) is 0.728. The van der Waals surface area contributed by atoms with E-state index in [0.717, 1.165) is 60.2 Å². The molecule has 0 aliphatic carbocycles. The Morgan fingerprint density at radius 1 is 1.07 bits per heavy atom. The lowest BCUT2D eigenvalue weighted by atomic mass is 10.1. The van der Waals surface area contributed by atoms with Gasteiger partial charge in [-0.2, -0.15) is 0 Å². The minimum atomic E-state index is 0. The number of benzene rings is 1. The number of aromatic amines is 1. The van der Waals surface area contributed by atoms with Crippen LogP contribution in [0.2, 0.25) is 0 Å². The Morgan fingerprint density at radius 3 is 2.70 bits per heavy atom. The summed E-state index contributed by atoms with van der Waals surface area (Å²) in [7, 11) is 0. The van der Waals surface area contributed by atoms with E-state index in [4.69, 9.17) is 9.72 Å². The molecule has 0 radical (unpaired) electrons. The van der Waals surface area contributed by atoms with E-state index in [9.17, 15) is 0 Å². The van der Waals surface area contributed by atoms with Gasteiger partial charge in [0.1, 0.15) is 17.1 Å². The average molecular weight is 389 g/mol. The van der Waals surface area contributed by atoms with Gasteiger partial charge in [0.15, 0.2) is 5.82 Å². The third kappa shape index (κ3) is 3.47. The molecule has 6 nitrogen and oxygen atoms in total. The van der Waals surface area contributed by atoms with Gasteiger partial charge in [-0.05, 0) is 61.6 Å². The van der Waals surface area contributed by atoms with Crippen molar-refractivity contribution in [3.63, 3.8) is 0 Å². The molecule has 4 heterocycles. The Labute approximate surface area is 164 Å². The number of piperidine rings is 1. The largest absolute Gasteiger partial charge is 0.493 e. The Balaban J connectivity index is 0.00000105. The van der Waals surface area contributed by atoms with Crippen molar-refractivity contribution in [1.29, 1.82) is 0 Å². The number of nitrogens with zero attached hydrogens (tertiary/aromatic N) is 3. The van der Waals surface area contributed by atoms with Crippen molar-refractivity contribution in [2.24, 2.45) is 0 Å². The number of aromatic nitrogens is 3. The van der Waals surface area contributed by atoms with Crippen LogP contribution in [0.1, 0.15) is 30.7 Å². The lowest BCUT2D eigenvalue weighted by molar-refractivity contribution is 0.357. The number of nitrogens with one attached hydrogen (secondary N) is 1. The second-order valence-electron chi connectivity index (χ2n) is 7.01. The Bertz CT molecular complexity index is 951. The molecule has 5 rings (SSSR count). The molecule has 3 N–H and O–H groups in total. The van der Waals surface area contributed by atoms with E-state index in [1.807, 2.05) is 6.92 Å². The first-order chi connectivity index (χ1) is 12.3. The van der Waals surface area contributed by atoms with Crippen molar-refractivity contribution in [2.75, 3.05) is 24.6 Å². The zero-order chi connectivity index (χ0) is 16.8. The van der Waals surface area contributed by atoms with E-state index >= 15 is 0 Å². The highest BCUT2D eigenvalue weighted by atomic mass is 35.5. The molecule has 0 atom stereocenters. The zero-order valence-corrected chi connectivity index (χ0v) is 16.2. The van der Waals surface area contributed by atoms with Gasteiger partial charge >= 0.3 is 0 Å². The first-order valence-corrected chi connectivity index (χ1v) is 9.16. The summed E-state index contributed by atoms with van der Waals surface area (Å²) in [6.07, 6.45) is 4.78. The fraction of sp³-hybridized carbons (Fsp3) is 0.400. The molecule has 0 bridgehead atoms. The summed E-state index contributed by atoms with van der Waals surface area (Å²) in [5, 5.41) is 0. The lowest BCUT2D eigenvalue weighted by Crippen LogP contribution is -2.30. The van der Waals surface area contributed by atoms with E-state index in [2.05, 4.69) is 39.1 Å². The van der Waals surface area contributed by atoms with Crippen molar-refractivity contribution >= 4 is 29.3 Å². The first kappa shape index (κ1) is 19.5. The third-order valence-corrected chi connectivity index (χ3v) is 5.23. The van der Waals surface area contributed by atoms with Crippen LogP contribution in [0.5, 0.6) is 5.75 Å². The number of hydrogen-bond acceptors (Lipinski definition) is 4. The number of fused-ring (bicyclic) bond motifs is 2. The maximum atomic E-state index is 5.62. The molecule has 2 aromatic heterocycles. The molecule has 2 aliphatic rings. The lowest BCUT2D eigenvalue weighted by Gasteiger charge is -2.28. The molecule has 27 heavy (non-hydrogen) atoms. The second-order valence-corrected chi connectivity index (χ2v) is 7.01. The summed E-state index contributed by atoms with van der Waals surface area (Å²) >= 11 is 0. The van der Waals surface area contributed by atoms with E-state index in [1.54, 1.807) is 0 Å². The number of anilines is 1. The van der Waals surface area contributed by atoms with Gasteiger partial charge in [-0.25, -0.2) is 9.97 Å². The first-order valence-electron chi connectivity index (χ1n) is 9.16. The number of H-pyrrole nitrogens is 1. The predicted molar refractivity (Wildman–Crippen MR) is 110 cm³/mol. The van der Waals surface area contributed by atoms with Crippen LogP contribution in [0.4, 0.5) is 5.82 Å². The van der Waals surface area contributed by atoms with E-state index in [-0.39, 0.29) is 17.9 Å². The van der Waals surface area contributed by atoms with Gasteiger partial charge in [-0.3, -0.25) is 0 Å². The predicted octanol–water partition coefficient (Wildman–Crippen LogP) is 3.46. The van der Waals surface area contributed by atoms with Gasteiger partial charge in [-0.1, -0.05) is 0 Å². The molecule has 2 aliphatic heterocycles. The van der Waals surface area contributed by atoms with Crippen molar-refractivity contribution in [3.8, 4) is 17.0 Å². The van der Waals surface area contributed by atoms with Crippen molar-refractivity contribution in [1.82, 2.24) is 15.0 Å². The van der Waals surface area contributed by atoms with E-state index in [0.29, 0.717) is 0 Å². The second kappa shape index (κ2) is 7.74. The minimum Gasteiger partial charge on any atom is -0.493 e. The topological polar surface area (TPSA) is 85.5 Å². The van der Waals surface area contributed by atoms with Gasteiger partial charge < -0.3 is 20.1 Å². The van der Waals surface area contributed by atoms with Gasteiger partial charge in [-0.15, -0.1) is 12.4 Å². The fourth-order valence-corrected chi connectivity index (χ4v) is 3.95. The fourth-order valence-electron chi connectivity index (χ4n) is 3.95. The Hall–Kier alpha value is -2.31. The van der Waals surface area contributed by atoms with Crippen LogP contribution in [0.15, 0.2) is 24.3 Å². The number of halogens is 1. The van der Waals surface area contributed by atoms with Gasteiger partial charge in [0.25, 0.3) is 0 Å². The van der Waals surface area contributed by atoms with Crippen LogP contribution >= 0.6 is 12.4 Å². The van der Waals surface area contributed by atoms with Crippen molar-refractivity contribution in [2.45, 2.75) is 32.6 Å². The molecule has 0 saturated carbocycles.